The van der Waals surface area contributed by atoms with Crippen LogP contribution in [0.25, 0.3) is 10.8 Å². The molecule has 0 aliphatic rings. The Hall–Kier alpha value is -3.94. The van der Waals surface area contributed by atoms with Gasteiger partial charge in [0.05, 0.1) is 14.2 Å². The maximum atomic E-state index is 11.8. The lowest BCUT2D eigenvalue weighted by Gasteiger charge is -2.07. The van der Waals surface area contributed by atoms with Crippen LogP contribution in [0.3, 0.4) is 0 Å². The van der Waals surface area contributed by atoms with E-state index in [2.05, 4.69) is 20.1 Å². The topological polar surface area (TPSA) is 111 Å². The molecule has 0 aliphatic carbocycles. The maximum absolute atomic E-state index is 11.8. The smallest absolute Gasteiger partial charge is 0.330 e. The number of methoxy groups -OCH3 is 2. The Balaban J connectivity index is 2.12. The first-order chi connectivity index (χ1) is 13.4. The van der Waals surface area contributed by atoms with Crippen molar-refractivity contribution < 1.29 is 28.7 Å². The fourth-order valence-corrected chi connectivity index (χ4v) is 2.19. The molecule has 0 atom stereocenters. The molecule has 8 nitrogen and oxygen atoms in total. The first kappa shape index (κ1) is 20.4. The summed E-state index contributed by atoms with van der Waals surface area (Å²) in [5, 5.41) is 6.92. The highest BCUT2D eigenvalue weighted by molar-refractivity contribution is 6.05. The summed E-state index contributed by atoms with van der Waals surface area (Å²) in [6, 6.07) is 10.5. The Kier molecular flexibility index (Phi) is 7.04. The molecular weight excluding hydrogens is 364 g/mol. The lowest BCUT2D eigenvalue weighted by Crippen LogP contribution is -2.09. The van der Waals surface area contributed by atoms with E-state index in [0.29, 0.717) is 11.4 Å². The molecule has 144 valence electrons. The molecule has 28 heavy (non-hydrogen) atoms. The molecule has 0 fully saturated rings. The molecule has 2 rings (SSSR count). The molecule has 0 saturated heterocycles. The van der Waals surface area contributed by atoms with E-state index in [9.17, 15) is 19.2 Å². The third kappa shape index (κ3) is 6.10. The van der Waals surface area contributed by atoms with E-state index in [1.807, 2.05) is 0 Å². The van der Waals surface area contributed by atoms with Crippen LogP contribution in [0.2, 0.25) is 0 Å². The highest BCUT2D eigenvalue weighted by Gasteiger charge is 2.04. The predicted octanol–water partition coefficient (Wildman–Crippen LogP) is 2.18. The van der Waals surface area contributed by atoms with Crippen LogP contribution in [0, 0.1) is 0 Å². The van der Waals surface area contributed by atoms with Crippen LogP contribution in [0.1, 0.15) is 0 Å². The molecule has 0 unspecified atom stereocenters. The summed E-state index contributed by atoms with van der Waals surface area (Å²) in [7, 11) is 2.44. The van der Waals surface area contributed by atoms with Gasteiger partial charge in [0.1, 0.15) is 0 Å². The Morgan fingerprint density at radius 3 is 1.50 bits per heavy atom. The summed E-state index contributed by atoms with van der Waals surface area (Å²) in [5.41, 5.74) is 1.03. The van der Waals surface area contributed by atoms with E-state index in [4.69, 9.17) is 0 Å². The van der Waals surface area contributed by atoms with Crippen molar-refractivity contribution in [3.8, 4) is 0 Å². The Labute approximate surface area is 160 Å². The van der Waals surface area contributed by atoms with Crippen molar-refractivity contribution in [1.29, 1.82) is 0 Å². The van der Waals surface area contributed by atoms with Crippen molar-refractivity contribution >= 4 is 45.9 Å². The number of fused-ring (bicyclic) bond motifs is 1. The van der Waals surface area contributed by atoms with Crippen molar-refractivity contribution in [1.82, 2.24) is 0 Å². The molecule has 2 aromatic carbocycles. The van der Waals surface area contributed by atoms with Gasteiger partial charge in [-0.05, 0) is 35.0 Å². The first-order valence-corrected chi connectivity index (χ1v) is 8.09. The van der Waals surface area contributed by atoms with Crippen LogP contribution in [-0.2, 0) is 28.7 Å². The van der Waals surface area contributed by atoms with Crippen molar-refractivity contribution in [2.45, 2.75) is 0 Å². The predicted molar refractivity (Wildman–Crippen MR) is 104 cm³/mol. The van der Waals surface area contributed by atoms with E-state index >= 15 is 0 Å². The normalized spacial score (nSPS) is 10.8. The number of carbonyl (C=O) groups excluding carboxylic acids is 4. The molecule has 2 aromatic rings. The molecule has 0 bridgehead atoms. The van der Waals surface area contributed by atoms with E-state index < -0.39 is 23.8 Å². The average Bonchev–Trinajstić information content (AvgIpc) is 2.69. The molecule has 2 N–H and O–H groups in total. The maximum Gasteiger partial charge on any atom is 0.330 e. The number of hydrogen-bond donors (Lipinski definition) is 2. The summed E-state index contributed by atoms with van der Waals surface area (Å²) < 4.78 is 8.84. The average molecular weight is 382 g/mol. The van der Waals surface area contributed by atoms with E-state index in [1.54, 1.807) is 36.4 Å². The van der Waals surface area contributed by atoms with E-state index in [1.165, 1.54) is 14.2 Å². The number of rotatable bonds is 6. The molecule has 0 aliphatic heterocycles. The van der Waals surface area contributed by atoms with Gasteiger partial charge in [-0.3, -0.25) is 9.59 Å². The number of ether oxygens (including phenoxy) is 2. The fourth-order valence-electron chi connectivity index (χ4n) is 2.19. The summed E-state index contributed by atoms with van der Waals surface area (Å²) in [6.45, 7) is 0. The van der Waals surface area contributed by atoms with Gasteiger partial charge in [0.15, 0.2) is 0 Å². The highest BCUT2D eigenvalue weighted by Crippen LogP contribution is 2.23. The fraction of sp³-hybridized carbons (Fsp3) is 0.100. The Morgan fingerprint density at radius 2 is 1.11 bits per heavy atom. The summed E-state index contributed by atoms with van der Waals surface area (Å²) in [6.07, 6.45) is 4.18. The number of benzene rings is 2. The van der Waals surface area contributed by atoms with E-state index in [0.717, 1.165) is 35.1 Å². The summed E-state index contributed by atoms with van der Waals surface area (Å²) in [4.78, 5) is 45.7. The molecular formula is C20H18N2O6. The van der Waals surface area contributed by atoms with Crippen LogP contribution < -0.4 is 10.6 Å². The minimum absolute atomic E-state index is 0.484. The van der Waals surface area contributed by atoms with Crippen LogP contribution in [0.15, 0.2) is 60.7 Å². The summed E-state index contributed by atoms with van der Waals surface area (Å²) >= 11 is 0. The van der Waals surface area contributed by atoms with Crippen molar-refractivity contribution in [3.63, 3.8) is 0 Å². The van der Waals surface area contributed by atoms with Gasteiger partial charge in [-0.25, -0.2) is 9.59 Å². The number of amides is 2. The van der Waals surface area contributed by atoms with Crippen LogP contribution in [0.4, 0.5) is 11.4 Å². The Bertz CT molecular complexity index is 903. The van der Waals surface area contributed by atoms with Gasteiger partial charge < -0.3 is 20.1 Å². The van der Waals surface area contributed by atoms with Crippen molar-refractivity contribution in [2.75, 3.05) is 24.9 Å². The SMILES string of the molecule is COC(=O)/C=C\C(=O)Nc1ccc2ccc(NC(=O)/C=C\C(=O)OC)cc2c1. The Morgan fingerprint density at radius 1 is 0.679 bits per heavy atom. The van der Waals surface area contributed by atoms with Gasteiger partial charge in [-0.1, -0.05) is 12.1 Å². The molecule has 8 heteroatoms. The third-order valence-electron chi connectivity index (χ3n) is 3.52. The number of nitrogens with one attached hydrogen (secondary N) is 2. The zero-order chi connectivity index (χ0) is 20.5. The monoisotopic (exact) mass is 382 g/mol. The largest absolute Gasteiger partial charge is 0.466 e. The molecule has 0 radical (unpaired) electrons. The zero-order valence-electron chi connectivity index (χ0n) is 15.2. The molecule has 0 heterocycles. The highest BCUT2D eigenvalue weighted by atomic mass is 16.5. The molecule has 0 aromatic heterocycles. The van der Waals surface area contributed by atoms with Gasteiger partial charge in [0.2, 0.25) is 11.8 Å². The van der Waals surface area contributed by atoms with Crippen LogP contribution >= 0.6 is 0 Å². The van der Waals surface area contributed by atoms with Gasteiger partial charge in [0.25, 0.3) is 0 Å². The second kappa shape index (κ2) is 9.67. The number of anilines is 2. The second-order valence-electron chi connectivity index (χ2n) is 5.47. The van der Waals surface area contributed by atoms with Crippen molar-refractivity contribution in [2.24, 2.45) is 0 Å². The quantitative estimate of drug-likeness (QED) is 0.585. The minimum Gasteiger partial charge on any atom is -0.466 e. The molecule has 0 spiro atoms. The van der Waals surface area contributed by atoms with Gasteiger partial charge in [-0.2, -0.15) is 0 Å². The third-order valence-corrected chi connectivity index (χ3v) is 3.52. The summed E-state index contributed by atoms with van der Waals surface area (Å²) in [5.74, 6) is -2.23. The van der Waals surface area contributed by atoms with Crippen LogP contribution in [-0.4, -0.2) is 38.0 Å². The number of esters is 2. The number of hydrogen-bond acceptors (Lipinski definition) is 6. The van der Waals surface area contributed by atoms with Crippen LogP contribution in [0.5, 0.6) is 0 Å². The standard InChI is InChI=1S/C20H18N2O6/c1-27-19(25)9-7-17(23)21-15-5-3-13-4-6-16(12-14(13)11-15)22-18(24)8-10-20(26)28-2/h3-12H,1-2H3,(H,21,23)(H,22,24)/b9-7-,10-8-. The van der Waals surface area contributed by atoms with E-state index in [-0.39, 0.29) is 0 Å². The second-order valence-corrected chi connectivity index (χ2v) is 5.47. The van der Waals surface area contributed by atoms with Gasteiger partial charge in [-0.15, -0.1) is 0 Å². The lowest BCUT2D eigenvalue weighted by molar-refractivity contribution is -0.135. The minimum atomic E-state index is -0.629. The number of carbonyl (C=O) groups is 4. The molecule has 2 amide bonds. The lowest BCUT2D eigenvalue weighted by atomic mass is 10.1. The first-order valence-electron chi connectivity index (χ1n) is 8.09. The van der Waals surface area contributed by atoms with Crippen molar-refractivity contribution in [3.05, 3.63) is 60.7 Å². The molecule has 0 saturated carbocycles. The van der Waals surface area contributed by atoms with Gasteiger partial charge in [0, 0.05) is 35.7 Å². The zero-order valence-corrected chi connectivity index (χ0v) is 15.2. The van der Waals surface area contributed by atoms with Gasteiger partial charge >= 0.3 is 11.9 Å².